The molecule has 0 radical (unpaired) electrons. The van der Waals surface area contributed by atoms with Crippen LogP contribution in [0.5, 0.6) is 11.5 Å². The van der Waals surface area contributed by atoms with Crippen LogP contribution in [-0.4, -0.2) is 40.1 Å². The van der Waals surface area contributed by atoms with E-state index in [0.29, 0.717) is 46.4 Å². The highest BCUT2D eigenvalue weighted by atomic mass is 32.2. The van der Waals surface area contributed by atoms with Crippen LogP contribution in [0.3, 0.4) is 0 Å². The number of nitrogens with zero attached hydrogens (tertiary/aromatic N) is 3. The van der Waals surface area contributed by atoms with Crippen LogP contribution in [0.1, 0.15) is 58.6 Å². The van der Waals surface area contributed by atoms with Crippen LogP contribution in [0.4, 0.5) is 5.95 Å². The van der Waals surface area contributed by atoms with Gasteiger partial charge in [0.05, 0.1) is 19.3 Å². The number of ether oxygens (including phenoxy) is 2. The number of benzene rings is 1. The van der Waals surface area contributed by atoms with Gasteiger partial charge in [-0.1, -0.05) is 45.0 Å². The molecule has 32 heavy (non-hydrogen) atoms. The lowest BCUT2D eigenvalue weighted by Crippen LogP contribution is -2.31. The SMILES string of the molecule is CCCCSc1nc2n(n1)C(c1ccc(OCCC(C)C)c(OC)c1)C(C(N)=O)=C(C)N2. The largest absolute Gasteiger partial charge is 0.493 e. The number of carbonyl (C=O) groups excluding carboxylic acids is 1. The van der Waals surface area contributed by atoms with Crippen molar-refractivity contribution in [2.24, 2.45) is 11.7 Å². The minimum atomic E-state index is -0.504. The van der Waals surface area contributed by atoms with Crippen molar-refractivity contribution in [1.29, 1.82) is 0 Å². The van der Waals surface area contributed by atoms with Crippen LogP contribution in [-0.2, 0) is 4.79 Å². The summed E-state index contributed by atoms with van der Waals surface area (Å²) in [7, 11) is 1.61. The molecule has 174 valence electrons. The fourth-order valence-corrected chi connectivity index (χ4v) is 4.42. The molecule has 0 bridgehead atoms. The van der Waals surface area contributed by atoms with Gasteiger partial charge in [0.1, 0.15) is 6.04 Å². The Bertz CT molecular complexity index is 986. The molecule has 3 rings (SSSR count). The van der Waals surface area contributed by atoms with Crippen LogP contribution in [0, 0.1) is 5.92 Å². The predicted octanol–water partition coefficient (Wildman–Crippen LogP) is 4.38. The summed E-state index contributed by atoms with van der Waals surface area (Å²) >= 11 is 1.61. The molecule has 1 amide bonds. The summed E-state index contributed by atoms with van der Waals surface area (Å²) in [5.74, 6) is 2.85. The molecule has 1 atom stereocenters. The molecule has 0 saturated carbocycles. The Morgan fingerprint density at radius 2 is 2.12 bits per heavy atom. The molecule has 3 N–H and O–H groups in total. The molecule has 2 heterocycles. The van der Waals surface area contributed by atoms with Crippen molar-refractivity contribution in [1.82, 2.24) is 14.8 Å². The topological polar surface area (TPSA) is 104 Å². The van der Waals surface area contributed by atoms with Gasteiger partial charge in [-0.15, -0.1) is 5.10 Å². The van der Waals surface area contributed by atoms with E-state index in [-0.39, 0.29) is 0 Å². The minimum absolute atomic E-state index is 0.447. The number of hydrogen-bond donors (Lipinski definition) is 2. The van der Waals surface area contributed by atoms with Crippen LogP contribution >= 0.6 is 11.8 Å². The standard InChI is InChI=1S/C23H33N5O3S/c1-6-7-12-32-23-26-22-25-15(4)19(21(24)29)20(28(22)27-23)16-8-9-17(18(13-16)30-5)31-11-10-14(2)3/h8-9,13-14,20H,6-7,10-12H2,1-5H3,(H2,24,29)(H,25,26,27). The van der Waals surface area contributed by atoms with Crippen molar-refractivity contribution < 1.29 is 14.3 Å². The van der Waals surface area contributed by atoms with Gasteiger partial charge in [0, 0.05) is 11.4 Å². The van der Waals surface area contributed by atoms with Gasteiger partial charge in [-0.25, -0.2) is 4.68 Å². The number of fused-ring (bicyclic) bond motifs is 1. The molecule has 9 heteroatoms. The average Bonchev–Trinajstić information content (AvgIpc) is 3.14. The number of rotatable bonds is 11. The van der Waals surface area contributed by atoms with E-state index in [2.05, 4.69) is 36.2 Å². The van der Waals surface area contributed by atoms with E-state index in [1.54, 1.807) is 23.6 Å². The van der Waals surface area contributed by atoms with E-state index in [4.69, 9.17) is 15.2 Å². The summed E-state index contributed by atoms with van der Waals surface area (Å²) in [6, 6.07) is 5.18. The third-order valence-corrected chi connectivity index (χ3v) is 6.21. The number of hydrogen-bond acceptors (Lipinski definition) is 7. The van der Waals surface area contributed by atoms with Crippen molar-refractivity contribution in [3.63, 3.8) is 0 Å². The number of carbonyl (C=O) groups is 1. The van der Waals surface area contributed by atoms with E-state index in [0.717, 1.165) is 30.6 Å². The Hall–Kier alpha value is -2.68. The number of aromatic nitrogens is 3. The number of allylic oxidation sites excluding steroid dienone is 1. The zero-order chi connectivity index (χ0) is 23.3. The van der Waals surface area contributed by atoms with Gasteiger partial charge in [-0.2, -0.15) is 4.98 Å². The summed E-state index contributed by atoms with van der Waals surface area (Å²) < 4.78 is 13.3. The number of anilines is 1. The summed E-state index contributed by atoms with van der Waals surface area (Å²) in [5, 5.41) is 8.54. The number of nitrogens with two attached hydrogens (primary N) is 1. The summed E-state index contributed by atoms with van der Waals surface area (Å²) in [5.41, 5.74) is 7.72. The van der Waals surface area contributed by atoms with Gasteiger partial charge in [-0.3, -0.25) is 4.79 Å². The summed E-state index contributed by atoms with van der Waals surface area (Å²) in [6.07, 6.45) is 3.15. The van der Waals surface area contributed by atoms with Crippen molar-refractivity contribution in [3.05, 3.63) is 35.0 Å². The number of primary amides is 1. The maximum atomic E-state index is 12.4. The second-order valence-corrected chi connectivity index (χ2v) is 9.30. The van der Waals surface area contributed by atoms with E-state index in [1.807, 2.05) is 25.1 Å². The Morgan fingerprint density at radius 1 is 1.34 bits per heavy atom. The van der Waals surface area contributed by atoms with E-state index in [1.165, 1.54) is 0 Å². The molecule has 1 aliphatic heterocycles. The fraction of sp³-hybridized carbons (Fsp3) is 0.522. The molecule has 1 unspecified atom stereocenters. The molecule has 1 aliphatic rings. The summed E-state index contributed by atoms with van der Waals surface area (Å²) in [6.45, 7) is 8.91. The molecular weight excluding hydrogens is 426 g/mol. The first-order valence-electron chi connectivity index (χ1n) is 11.0. The fourth-order valence-electron chi connectivity index (χ4n) is 3.51. The third-order valence-electron chi connectivity index (χ3n) is 5.28. The van der Waals surface area contributed by atoms with Crippen LogP contribution in [0.25, 0.3) is 0 Å². The second kappa shape index (κ2) is 10.8. The van der Waals surface area contributed by atoms with Gasteiger partial charge in [0.2, 0.25) is 17.0 Å². The van der Waals surface area contributed by atoms with Gasteiger partial charge in [0.15, 0.2) is 11.5 Å². The van der Waals surface area contributed by atoms with Crippen LogP contribution < -0.4 is 20.5 Å². The molecule has 0 fully saturated rings. The molecule has 0 aliphatic carbocycles. The number of methoxy groups -OCH3 is 1. The molecular formula is C23H33N5O3S. The van der Waals surface area contributed by atoms with Gasteiger partial charge < -0.3 is 20.5 Å². The van der Waals surface area contributed by atoms with Gasteiger partial charge >= 0.3 is 0 Å². The smallest absolute Gasteiger partial charge is 0.248 e. The van der Waals surface area contributed by atoms with Crippen molar-refractivity contribution >= 4 is 23.6 Å². The molecule has 8 nitrogen and oxygen atoms in total. The highest BCUT2D eigenvalue weighted by molar-refractivity contribution is 7.99. The zero-order valence-corrected chi connectivity index (χ0v) is 20.3. The Labute approximate surface area is 193 Å². The van der Waals surface area contributed by atoms with Crippen LogP contribution in [0.2, 0.25) is 0 Å². The van der Waals surface area contributed by atoms with E-state index >= 15 is 0 Å². The number of nitrogens with one attached hydrogen (secondary N) is 1. The van der Waals surface area contributed by atoms with Gasteiger partial charge in [0.25, 0.3) is 0 Å². The van der Waals surface area contributed by atoms with Crippen LogP contribution in [0.15, 0.2) is 34.6 Å². The Morgan fingerprint density at radius 3 is 2.78 bits per heavy atom. The summed E-state index contributed by atoms with van der Waals surface area (Å²) in [4.78, 5) is 17.0. The molecule has 0 spiro atoms. The normalized spacial score (nSPS) is 15.5. The molecule has 2 aromatic rings. The zero-order valence-electron chi connectivity index (χ0n) is 19.5. The number of unbranched alkanes of at least 4 members (excludes halogenated alkanes) is 1. The van der Waals surface area contributed by atoms with E-state index < -0.39 is 11.9 Å². The monoisotopic (exact) mass is 459 g/mol. The Balaban J connectivity index is 1.97. The first kappa shape index (κ1) is 24.0. The minimum Gasteiger partial charge on any atom is -0.493 e. The lowest BCUT2D eigenvalue weighted by atomic mass is 9.95. The highest BCUT2D eigenvalue weighted by Gasteiger charge is 2.33. The Kier molecular flexibility index (Phi) is 8.06. The van der Waals surface area contributed by atoms with Crippen molar-refractivity contribution in [2.75, 3.05) is 24.8 Å². The molecule has 1 aromatic heterocycles. The lowest BCUT2D eigenvalue weighted by Gasteiger charge is -2.28. The first-order valence-corrected chi connectivity index (χ1v) is 12.0. The maximum Gasteiger partial charge on any atom is 0.248 e. The second-order valence-electron chi connectivity index (χ2n) is 8.24. The van der Waals surface area contributed by atoms with Crippen molar-refractivity contribution in [3.8, 4) is 11.5 Å². The predicted molar refractivity (Wildman–Crippen MR) is 127 cm³/mol. The number of thioether (sulfide) groups is 1. The van der Waals surface area contributed by atoms with Crippen molar-refractivity contribution in [2.45, 2.75) is 58.2 Å². The quantitative estimate of drug-likeness (QED) is 0.379. The molecule has 0 saturated heterocycles. The average molecular weight is 460 g/mol. The highest BCUT2D eigenvalue weighted by Crippen LogP contribution is 2.39. The third kappa shape index (κ3) is 5.38. The maximum absolute atomic E-state index is 12.4. The van der Waals surface area contributed by atoms with E-state index in [9.17, 15) is 4.79 Å². The lowest BCUT2D eigenvalue weighted by molar-refractivity contribution is -0.115. The number of amides is 1. The first-order chi connectivity index (χ1) is 15.3. The van der Waals surface area contributed by atoms with Gasteiger partial charge in [-0.05, 0) is 43.4 Å². The molecule has 1 aromatic carbocycles.